The summed E-state index contributed by atoms with van der Waals surface area (Å²) < 4.78 is 1.82. The molecular formula is C14H24N4O. The van der Waals surface area contributed by atoms with Crippen LogP contribution in [0.25, 0.3) is 0 Å². The van der Waals surface area contributed by atoms with Crippen LogP contribution in [0.2, 0.25) is 0 Å². The second-order valence-electron chi connectivity index (χ2n) is 5.61. The molecule has 1 amide bonds. The van der Waals surface area contributed by atoms with E-state index in [1.807, 2.05) is 29.7 Å². The van der Waals surface area contributed by atoms with Gasteiger partial charge in [0.2, 0.25) is 0 Å². The summed E-state index contributed by atoms with van der Waals surface area (Å²) in [7, 11) is 3.86. The van der Waals surface area contributed by atoms with Gasteiger partial charge in [-0.25, -0.2) is 0 Å². The molecule has 0 unspecified atom stereocenters. The quantitative estimate of drug-likeness (QED) is 0.897. The number of aromatic nitrogens is 2. The van der Waals surface area contributed by atoms with Gasteiger partial charge < -0.3 is 10.2 Å². The minimum Gasteiger partial charge on any atom is -0.336 e. The summed E-state index contributed by atoms with van der Waals surface area (Å²) in [5.41, 5.74) is 1.67. The number of likely N-dealkylation sites (tertiary alicyclic amines) is 1. The van der Waals surface area contributed by atoms with Gasteiger partial charge in [0, 0.05) is 31.9 Å². The summed E-state index contributed by atoms with van der Waals surface area (Å²) in [6.07, 6.45) is 2.20. The van der Waals surface area contributed by atoms with Crippen molar-refractivity contribution in [3.8, 4) is 0 Å². The monoisotopic (exact) mass is 264 g/mol. The fourth-order valence-electron chi connectivity index (χ4n) is 2.69. The third kappa shape index (κ3) is 2.97. The predicted molar refractivity (Wildman–Crippen MR) is 75.3 cm³/mol. The first-order valence-corrected chi connectivity index (χ1v) is 7.03. The molecular weight excluding hydrogens is 240 g/mol. The van der Waals surface area contributed by atoms with E-state index in [2.05, 4.69) is 24.3 Å². The zero-order chi connectivity index (χ0) is 14.0. The summed E-state index contributed by atoms with van der Waals surface area (Å²) in [6, 6.07) is 2.33. The van der Waals surface area contributed by atoms with Gasteiger partial charge in [-0.15, -0.1) is 0 Å². The summed E-state index contributed by atoms with van der Waals surface area (Å²) >= 11 is 0. The molecule has 1 aliphatic rings. The van der Waals surface area contributed by atoms with Gasteiger partial charge in [-0.1, -0.05) is 13.8 Å². The lowest BCUT2D eigenvalue weighted by Gasteiger charge is -2.32. The molecule has 2 heterocycles. The van der Waals surface area contributed by atoms with E-state index in [-0.39, 0.29) is 5.91 Å². The molecule has 5 heteroatoms. The van der Waals surface area contributed by atoms with Gasteiger partial charge in [0.1, 0.15) is 0 Å². The lowest BCUT2D eigenvalue weighted by molar-refractivity contribution is 0.0691. The maximum Gasteiger partial charge on any atom is 0.274 e. The SMILES string of the molecule is CN[C@@H]1CCCN(C(=O)c2cc(C(C)C)n(C)n2)C1. The maximum absolute atomic E-state index is 12.5. The van der Waals surface area contributed by atoms with E-state index in [0.29, 0.717) is 17.7 Å². The molecule has 1 aromatic rings. The van der Waals surface area contributed by atoms with Gasteiger partial charge in [-0.05, 0) is 31.9 Å². The highest BCUT2D eigenvalue weighted by molar-refractivity contribution is 5.92. The summed E-state index contributed by atoms with van der Waals surface area (Å²) in [5, 5.41) is 7.62. The number of carbonyl (C=O) groups excluding carboxylic acids is 1. The number of nitrogens with zero attached hydrogens (tertiary/aromatic N) is 3. The predicted octanol–water partition coefficient (Wildman–Crippen LogP) is 1.37. The van der Waals surface area contributed by atoms with E-state index in [1.165, 1.54) is 0 Å². The molecule has 1 N–H and O–H groups in total. The third-order valence-corrected chi connectivity index (χ3v) is 3.84. The van der Waals surface area contributed by atoms with Crippen LogP contribution in [0.3, 0.4) is 0 Å². The van der Waals surface area contributed by atoms with Crippen molar-refractivity contribution >= 4 is 5.91 Å². The Morgan fingerprint density at radius 2 is 2.26 bits per heavy atom. The Morgan fingerprint density at radius 3 is 2.84 bits per heavy atom. The number of likely N-dealkylation sites (N-methyl/N-ethyl adjacent to an activating group) is 1. The number of piperidine rings is 1. The first-order valence-electron chi connectivity index (χ1n) is 7.03. The van der Waals surface area contributed by atoms with Crippen LogP contribution in [0, 0.1) is 0 Å². The molecule has 1 atom stereocenters. The van der Waals surface area contributed by atoms with Crippen molar-refractivity contribution in [1.82, 2.24) is 20.0 Å². The zero-order valence-electron chi connectivity index (χ0n) is 12.3. The fraction of sp³-hybridized carbons (Fsp3) is 0.714. The van der Waals surface area contributed by atoms with Gasteiger partial charge in [-0.3, -0.25) is 9.48 Å². The Morgan fingerprint density at radius 1 is 1.53 bits per heavy atom. The van der Waals surface area contributed by atoms with Crippen molar-refractivity contribution < 1.29 is 4.79 Å². The Hall–Kier alpha value is -1.36. The van der Waals surface area contributed by atoms with E-state index >= 15 is 0 Å². The fourth-order valence-corrected chi connectivity index (χ4v) is 2.69. The average molecular weight is 264 g/mol. The molecule has 1 saturated heterocycles. The van der Waals surface area contributed by atoms with E-state index in [4.69, 9.17) is 0 Å². The lowest BCUT2D eigenvalue weighted by atomic mass is 10.1. The summed E-state index contributed by atoms with van der Waals surface area (Å²) in [4.78, 5) is 14.4. The van der Waals surface area contributed by atoms with Crippen LogP contribution in [-0.2, 0) is 7.05 Å². The molecule has 0 aliphatic carbocycles. The van der Waals surface area contributed by atoms with E-state index in [9.17, 15) is 4.79 Å². The molecule has 1 aromatic heterocycles. The number of hydrogen-bond acceptors (Lipinski definition) is 3. The second kappa shape index (κ2) is 5.74. The second-order valence-corrected chi connectivity index (χ2v) is 5.61. The number of carbonyl (C=O) groups is 1. The molecule has 2 rings (SSSR count). The largest absolute Gasteiger partial charge is 0.336 e. The number of rotatable bonds is 3. The smallest absolute Gasteiger partial charge is 0.274 e. The Bertz CT molecular complexity index is 452. The molecule has 0 bridgehead atoms. The van der Waals surface area contributed by atoms with Crippen LogP contribution in [0.15, 0.2) is 6.07 Å². The first kappa shape index (κ1) is 14.1. The van der Waals surface area contributed by atoms with Crippen molar-refractivity contribution in [2.24, 2.45) is 7.05 Å². The third-order valence-electron chi connectivity index (χ3n) is 3.84. The van der Waals surface area contributed by atoms with Crippen molar-refractivity contribution in [3.63, 3.8) is 0 Å². The topological polar surface area (TPSA) is 50.2 Å². The number of amides is 1. The summed E-state index contributed by atoms with van der Waals surface area (Å²) in [6.45, 7) is 5.85. The normalized spacial score (nSPS) is 20.1. The van der Waals surface area contributed by atoms with Crippen LogP contribution in [0.1, 0.15) is 48.8 Å². The van der Waals surface area contributed by atoms with Gasteiger partial charge in [0.25, 0.3) is 5.91 Å². The van der Waals surface area contributed by atoms with Crippen LogP contribution in [0.4, 0.5) is 0 Å². The molecule has 106 valence electrons. The van der Waals surface area contributed by atoms with Crippen molar-refractivity contribution in [1.29, 1.82) is 0 Å². The molecule has 1 fully saturated rings. The Labute approximate surface area is 115 Å². The van der Waals surface area contributed by atoms with E-state index in [0.717, 1.165) is 31.6 Å². The molecule has 0 radical (unpaired) electrons. The minimum absolute atomic E-state index is 0.0578. The summed E-state index contributed by atoms with van der Waals surface area (Å²) in [5.74, 6) is 0.438. The average Bonchev–Trinajstić information content (AvgIpc) is 2.80. The molecule has 5 nitrogen and oxygen atoms in total. The highest BCUT2D eigenvalue weighted by atomic mass is 16.2. The number of aryl methyl sites for hydroxylation is 1. The molecule has 0 aromatic carbocycles. The minimum atomic E-state index is 0.0578. The van der Waals surface area contributed by atoms with E-state index < -0.39 is 0 Å². The van der Waals surface area contributed by atoms with Gasteiger partial charge in [-0.2, -0.15) is 5.10 Å². The number of hydrogen-bond donors (Lipinski definition) is 1. The maximum atomic E-state index is 12.5. The van der Waals surface area contributed by atoms with Crippen molar-refractivity contribution in [2.75, 3.05) is 20.1 Å². The van der Waals surface area contributed by atoms with Gasteiger partial charge in [0.05, 0.1) is 0 Å². The molecule has 1 aliphatic heterocycles. The molecule has 0 saturated carbocycles. The lowest BCUT2D eigenvalue weighted by Crippen LogP contribution is -2.47. The van der Waals surface area contributed by atoms with E-state index in [1.54, 1.807) is 0 Å². The van der Waals surface area contributed by atoms with Crippen molar-refractivity contribution in [2.45, 2.75) is 38.6 Å². The van der Waals surface area contributed by atoms with Crippen LogP contribution in [-0.4, -0.2) is 46.8 Å². The number of nitrogens with one attached hydrogen (secondary N) is 1. The molecule has 19 heavy (non-hydrogen) atoms. The van der Waals surface area contributed by atoms with Crippen LogP contribution in [0.5, 0.6) is 0 Å². The van der Waals surface area contributed by atoms with Crippen LogP contribution >= 0.6 is 0 Å². The Balaban J connectivity index is 2.13. The van der Waals surface area contributed by atoms with Crippen LogP contribution < -0.4 is 5.32 Å². The zero-order valence-corrected chi connectivity index (χ0v) is 12.3. The van der Waals surface area contributed by atoms with Gasteiger partial charge >= 0.3 is 0 Å². The Kier molecular flexibility index (Phi) is 4.24. The van der Waals surface area contributed by atoms with Crippen molar-refractivity contribution in [3.05, 3.63) is 17.5 Å². The first-order chi connectivity index (χ1) is 9.02. The van der Waals surface area contributed by atoms with Gasteiger partial charge in [0.15, 0.2) is 5.69 Å². The molecule has 0 spiro atoms. The highest BCUT2D eigenvalue weighted by Gasteiger charge is 2.25. The standard InChI is InChI=1S/C14H24N4O/c1-10(2)13-8-12(16-17(13)4)14(19)18-7-5-6-11(9-18)15-3/h8,10-11,15H,5-7,9H2,1-4H3/t11-/m1/s1. The highest BCUT2D eigenvalue weighted by Crippen LogP contribution is 2.18.